The Morgan fingerprint density at radius 3 is 2.74 bits per heavy atom. The standard InChI is InChI=1S/C12H17FN2O3S/c1-12(2)8-18-7-6-15(12)19(16,17)10-5-3-4-9(13)11(10)14/h3-5H,6-8,14H2,1-2H3. The van der Waals surface area contributed by atoms with Crippen molar-refractivity contribution in [1.82, 2.24) is 4.31 Å². The summed E-state index contributed by atoms with van der Waals surface area (Å²) in [6, 6.07) is 3.80. The Hall–Kier alpha value is -1.18. The number of hydrogen-bond acceptors (Lipinski definition) is 4. The number of benzene rings is 1. The zero-order valence-corrected chi connectivity index (χ0v) is 11.7. The first-order valence-electron chi connectivity index (χ1n) is 5.91. The molecule has 0 saturated carbocycles. The predicted octanol–water partition coefficient (Wildman–Crippen LogP) is 1.21. The van der Waals surface area contributed by atoms with Crippen LogP contribution in [0.15, 0.2) is 23.1 Å². The van der Waals surface area contributed by atoms with Gasteiger partial charge in [-0.05, 0) is 26.0 Å². The Bertz CT molecular complexity index is 587. The van der Waals surface area contributed by atoms with Gasteiger partial charge in [-0.15, -0.1) is 0 Å². The lowest BCUT2D eigenvalue weighted by Crippen LogP contribution is -2.55. The zero-order valence-electron chi connectivity index (χ0n) is 10.9. The van der Waals surface area contributed by atoms with Crippen LogP contribution >= 0.6 is 0 Å². The molecule has 106 valence electrons. The molecule has 2 N–H and O–H groups in total. The maximum absolute atomic E-state index is 13.4. The summed E-state index contributed by atoms with van der Waals surface area (Å²) in [5.74, 6) is -0.729. The molecule has 1 heterocycles. The average Bonchev–Trinajstić information content (AvgIpc) is 2.31. The topological polar surface area (TPSA) is 72.6 Å². The number of hydrogen-bond donors (Lipinski definition) is 1. The van der Waals surface area contributed by atoms with E-state index in [4.69, 9.17) is 10.5 Å². The van der Waals surface area contributed by atoms with Gasteiger partial charge in [0.1, 0.15) is 10.7 Å². The van der Waals surface area contributed by atoms with E-state index in [1.54, 1.807) is 13.8 Å². The fourth-order valence-electron chi connectivity index (χ4n) is 2.15. The molecular formula is C12H17FN2O3S. The molecule has 0 bridgehead atoms. The maximum Gasteiger partial charge on any atom is 0.245 e. The molecule has 0 unspecified atom stereocenters. The molecule has 0 aromatic heterocycles. The molecule has 1 aromatic rings. The number of halogens is 1. The van der Waals surface area contributed by atoms with Crippen LogP contribution in [0.1, 0.15) is 13.8 Å². The fourth-order valence-corrected chi connectivity index (χ4v) is 4.03. The Balaban J connectivity index is 2.50. The molecule has 1 aromatic carbocycles. The summed E-state index contributed by atoms with van der Waals surface area (Å²) >= 11 is 0. The van der Waals surface area contributed by atoms with Crippen LogP contribution in [-0.4, -0.2) is 38.0 Å². The normalized spacial score (nSPS) is 20.4. The average molecular weight is 288 g/mol. The predicted molar refractivity (Wildman–Crippen MR) is 69.6 cm³/mol. The third kappa shape index (κ3) is 2.45. The highest BCUT2D eigenvalue weighted by molar-refractivity contribution is 7.89. The van der Waals surface area contributed by atoms with Gasteiger partial charge in [0.15, 0.2) is 0 Å². The van der Waals surface area contributed by atoms with E-state index in [-0.39, 0.29) is 17.1 Å². The number of nitrogen functional groups attached to an aromatic ring is 1. The van der Waals surface area contributed by atoms with E-state index in [1.165, 1.54) is 16.4 Å². The molecule has 19 heavy (non-hydrogen) atoms. The van der Waals surface area contributed by atoms with Crippen molar-refractivity contribution >= 4 is 15.7 Å². The van der Waals surface area contributed by atoms with Gasteiger partial charge in [-0.25, -0.2) is 12.8 Å². The second kappa shape index (κ2) is 4.73. The van der Waals surface area contributed by atoms with Crippen LogP contribution < -0.4 is 5.73 Å². The van der Waals surface area contributed by atoms with E-state index in [0.29, 0.717) is 13.2 Å². The molecule has 0 spiro atoms. The van der Waals surface area contributed by atoms with Crippen molar-refractivity contribution in [3.63, 3.8) is 0 Å². The van der Waals surface area contributed by atoms with Gasteiger partial charge in [0.2, 0.25) is 10.0 Å². The van der Waals surface area contributed by atoms with Crippen LogP contribution in [0.4, 0.5) is 10.1 Å². The lowest BCUT2D eigenvalue weighted by atomic mass is 10.1. The fraction of sp³-hybridized carbons (Fsp3) is 0.500. The van der Waals surface area contributed by atoms with Gasteiger partial charge < -0.3 is 10.5 Å². The molecule has 0 amide bonds. The summed E-state index contributed by atoms with van der Waals surface area (Å²) in [4.78, 5) is -0.192. The van der Waals surface area contributed by atoms with Crippen LogP contribution in [0.2, 0.25) is 0 Å². The minimum atomic E-state index is -3.83. The van der Waals surface area contributed by atoms with Gasteiger partial charge in [-0.3, -0.25) is 0 Å². The van der Waals surface area contributed by atoms with Gasteiger partial charge in [-0.1, -0.05) is 6.07 Å². The second-order valence-electron chi connectivity index (χ2n) is 5.09. The number of ether oxygens (including phenoxy) is 1. The number of sulfonamides is 1. The minimum absolute atomic E-state index is 0.192. The van der Waals surface area contributed by atoms with Gasteiger partial charge in [0.25, 0.3) is 0 Å². The molecular weight excluding hydrogens is 271 g/mol. The number of para-hydroxylation sites is 1. The number of nitrogens with zero attached hydrogens (tertiary/aromatic N) is 1. The highest BCUT2D eigenvalue weighted by Gasteiger charge is 2.40. The third-order valence-electron chi connectivity index (χ3n) is 3.15. The van der Waals surface area contributed by atoms with Crippen molar-refractivity contribution in [2.45, 2.75) is 24.3 Å². The number of morpholine rings is 1. The van der Waals surface area contributed by atoms with E-state index >= 15 is 0 Å². The minimum Gasteiger partial charge on any atom is -0.395 e. The maximum atomic E-state index is 13.4. The molecule has 0 aliphatic carbocycles. The van der Waals surface area contributed by atoms with Gasteiger partial charge in [0.05, 0.1) is 24.4 Å². The number of rotatable bonds is 2. The molecule has 7 heteroatoms. The molecule has 1 aliphatic heterocycles. The first kappa shape index (κ1) is 14.2. The van der Waals surface area contributed by atoms with Gasteiger partial charge in [-0.2, -0.15) is 4.31 Å². The Morgan fingerprint density at radius 1 is 1.42 bits per heavy atom. The summed E-state index contributed by atoms with van der Waals surface area (Å²) in [5, 5.41) is 0. The van der Waals surface area contributed by atoms with Crippen molar-refractivity contribution in [1.29, 1.82) is 0 Å². The summed E-state index contributed by atoms with van der Waals surface area (Å²) in [7, 11) is -3.83. The molecule has 2 rings (SSSR count). The highest BCUT2D eigenvalue weighted by atomic mass is 32.2. The first-order chi connectivity index (χ1) is 8.77. The molecule has 1 saturated heterocycles. The van der Waals surface area contributed by atoms with Crippen LogP contribution in [0.5, 0.6) is 0 Å². The van der Waals surface area contributed by atoms with E-state index in [9.17, 15) is 12.8 Å². The number of anilines is 1. The van der Waals surface area contributed by atoms with Crippen molar-refractivity contribution < 1.29 is 17.5 Å². The van der Waals surface area contributed by atoms with E-state index < -0.39 is 21.4 Å². The van der Waals surface area contributed by atoms with Crippen LogP contribution in [0, 0.1) is 5.82 Å². The quantitative estimate of drug-likeness (QED) is 0.830. The van der Waals surface area contributed by atoms with Crippen LogP contribution in [0.3, 0.4) is 0 Å². The number of nitrogens with two attached hydrogens (primary N) is 1. The summed E-state index contributed by atoms with van der Waals surface area (Å²) in [6.07, 6.45) is 0. The smallest absolute Gasteiger partial charge is 0.245 e. The summed E-state index contributed by atoms with van der Waals surface area (Å²) in [6.45, 7) is 4.36. The SMILES string of the molecule is CC1(C)COCCN1S(=O)(=O)c1cccc(F)c1N. The van der Waals surface area contributed by atoms with Crippen LogP contribution in [0.25, 0.3) is 0 Å². The lowest BCUT2D eigenvalue weighted by Gasteiger charge is -2.40. The monoisotopic (exact) mass is 288 g/mol. The molecule has 0 radical (unpaired) electrons. The van der Waals surface area contributed by atoms with Crippen LogP contribution in [-0.2, 0) is 14.8 Å². The largest absolute Gasteiger partial charge is 0.395 e. The summed E-state index contributed by atoms with van der Waals surface area (Å²) in [5.41, 5.74) is 4.52. The molecule has 5 nitrogen and oxygen atoms in total. The first-order valence-corrected chi connectivity index (χ1v) is 7.35. The van der Waals surface area contributed by atoms with Crippen molar-refractivity contribution in [2.24, 2.45) is 0 Å². The third-order valence-corrected chi connectivity index (χ3v) is 5.32. The summed E-state index contributed by atoms with van der Waals surface area (Å²) < 4.78 is 45.2. The van der Waals surface area contributed by atoms with Gasteiger partial charge >= 0.3 is 0 Å². The van der Waals surface area contributed by atoms with Gasteiger partial charge in [0, 0.05) is 6.54 Å². The van der Waals surface area contributed by atoms with Crippen molar-refractivity contribution in [3.8, 4) is 0 Å². The Kier molecular flexibility index (Phi) is 3.55. The lowest BCUT2D eigenvalue weighted by molar-refractivity contribution is -0.00769. The Morgan fingerprint density at radius 2 is 2.11 bits per heavy atom. The van der Waals surface area contributed by atoms with E-state index in [2.05, 4.69) is 0 Å². The molecule has 1 aliphatic rings. The molecule has 1 fully saturated rings. The Labute approximate surface area is 112 Å². The van der Waals surface area contributed by atoms with Crippen molar-refractivity contribution in [2.75, 3.05) is 25.5 Å². The van der Waals surface area contributed by atoms with E-state index in [1.807, 2.05) is 0 Å². The molecule has 0 atom stereocenters. The highest BCUT2D eigenvalue weighted by Crippen LogP contribution is 2.30. The van der Waals surface area contributed by atoms with E-state index in [0.717, 1.165) is 6.07 Å². The zero-order chi connectivity index (χ0) is 14.3. The second-order valence-corrected chi connectivity index (χ2v) is 6.92. The van der Waals surface area contributed by atoms with Crippen molar-refractivity contribution in [3.05, 3.63) is 24.0 Å².